The molecule has 0 N–H and O–H groups in total. The molecule has 0 saturated heterocycles. The standard InChI is InChI=1S/C20H27N5O/c1-14(13-15-9-7-8-10-16(15)26-6)24(5)18-12-11-17-21-22-19(20(2,3)4)25(17)23-18/h7-12,14H,13H2,1-6H3. The molecular formula is C20H27N5O. The second-order valence-electron chi connectivity index (χ2n) is 7.71. The van der Waals surface area contributed by atoms with Gasteiger partial charge in [-0.25, -0.2) is 0 Å². The maximum absolute atomic E-state index is 5.48. The first-order chi connectivity index (χ1) is 12.3. The number of hydrogen-bond acceptors (Lipinski definition) is 5. The fourth-order valence-corrected chi connectivity index (χ4v) is 2.99. The van der Waals surface area contributed by atoms with Gasteiger partial charge in [0.25, 0.3) is 0 Å². The third kappa shape index (κ3) is 3.49. The summed E-state index contributed by atoms with van der Waals surface area (Å²) in [4.78, 5) is 2.18. The normalized spacial score (nSPS) is 13.0. The Labute approximate surface area is 154 Å². The van der Waals surface area contributed by atoms with E-state index in [0.29, 0.717) is 0 Å². The number of rotatable bonds is 5. The first-order valence-electron chi connectivity index (χ1n) is 8.89. The Morgan fingerprint density at radius 2 is 1.85 bits per heavy atom. The van der Waals surface area contributed by atoms with Crippen LogP contribution in [0.4, 0.5) is 5.82 Å². The van der Waals surface area contributed by atoms with Crippen LogP contribution in [0.15, 0.2) is 36.4 Å². The van der Waals surface area contributed by atoms with E-state index in [2.05, 4.69) is 55.9 Å². The van der Waals surface area contributed by atoms with Crippen molar-refractivity contribution in [2.45, 2.75) is 45.6 Å². The summed E-state index contributed by atoms with van der Waals surface area (Å²) in [5.41, 5.74) is 1.84. The SMILES string of the molecule is COc1ccccc1CC(C)N(C)c1ccc2nnc(C(C)(C)C)n2n1. The Bertz CT molecular complexity index is 897. The fourth-order valence-electron chi connectivity index (χ4n) is 2.99. The van der Waals surface area contributed by atoms with Crippen molar-refractivity contribution in [1.82, 2.24) is 19.8 Å². The zero-order valence-corrected chi connectivity index (χ0v) is 16.4. The average molecular weight is 353 g/mol. The highest BCUT2D eigenvalue weighted by Gasteiger charge is 2.23. The predicted octanol–water partition coefficient (Wildman–Crippen LogP) is 3.50. The van der Waals surface area contributed by atoms with Crippen molar-refractivity contribution in [3.05, 3.63) is 47.8 Å². The molecule has 0 spiro atoms. The van der Waals surface area contributed by atoms with Gasteiger partial charge in [0.2, 0.25) is 0 Å². The Morgan fingerprint density at radius 3 is 2.54 bits per heavy atom. The molecule has 0 amide bonds. The number of benzene rings is 1. The van der Waals surface area contributed by atoms with Gasteiger partial charge in [-0.2, -0.15) is 4.52 Å². The Morgan fingerprint density at radius 1 is 1.12 bits per heavy atom. The highest BCUT2D eigenvalue weighted by molar-refractivity contribution is 5.47. The first kappa shape index (κ1) is 18.2. The molecule has 2 aromatic heterocycles. The highest BCUT2D eigenvalue weighted by Crippen LogP contribution is 2.24. The van der Waals surface area contributed by atoms with Crippen molar-refractivity contribution in [2.24, 2.45) is 0 Å². The number of ether oxygens (including phenoxy) is 1. The Balaban J connectivity index is 1.88. The molecule has 6 heteroatoms. The summed E-state index contributed by atoms with van der Waals surface area (Å²) in [6, 6.07) is 12.4. The van der Waals surface area contributed by atoms with Crippen LogP contribution in [0.25, 0.3) is 5.65 Å². The molecule has 0 saturated carbocycles. The highest BCUT2D eigenvalue weighted by atomic mass is 16.5. The summed E-state index contributed by atoms with van der Waals surface area (Å²) in [7, 11) is 3.78. The van der Waals surface area contributed by atoms with Gasteiger partial charge < -0.3 is 9.64 Å². The van der Waals surface area contributed by atoms with E-state index in [0.717, 1.165) is 29.5 Å². The minimum Gasteiger partial charge on any atom is -0.496 e. The van der Waals surface area contributed by atoms with Crippen LogP contribution in [-0.2, 0) is 11.8 Å². The number of para-hydroxylation sites is 1. The van der Waals surface area contributed by atoms with Crippen molar-refractivity contribution in [3.63, 3.8) is 0 Å². The minimum absolute atomic E-state index is 0.118. The lowest BCUT2D eigenvalue weighted by atomic mass is 9.96. The molecule has 0 fully saturated rings. The molecule has 3 aromatic rings. The zero-order chi connectivity index (χ0) is 18.9. The van der Waals surface area contributed by atoms with E-state index in [9.17, 15) is 0 Å². The summed E-state index contributed by atoms with van der Waals surface area (Å²) in [6.45, 7) is 8.54. The third-order valence-electron chi connectivity index (χ3n) is 4.65. The average Bonchev–Trinajstić information content (AvgIpc) is 3.05. The fraction of sp³-hybridized carbons (Fsp3) is 0.450. The number of nitrogens with zero attached hydrogens (tertiary/aromatic N) is 5. The van der Waals surface area contributed by atoms with E-state index in [1.807, 2.05) is 34.8 Å². The van der Waals surface area contributed by atoms with Crippen molar-refractivity contribution in [3.8, 4) is 5.75 Å². The molecule has 0 aliphatic carbocycles. The van der Waals surface area contributed by atoms with Gasteiger partial charge in [-0.05, 0) is 37.1 Å². The van der Waals surface area contributed by atoms with Gasteiger partial charge in [0.1, 0.15) is 11.6 Å². The van der Waals surface area contributed by atoms with E-state index in [1.54, 1.807) is 7.11 Å². The van der Waals surface area contributed by atoms with Gasteiger partial charge >= 0.3 is 0 Å². The van der Waals surface area contributed by atoms with Gasteiger partial charge in [-0.3, -0.25) is 0 Å². The minimum atomic E-state index is -0.118. The van der Waals surface area contributed by atoms with Crippen molar-refractivity contribution >= 4 is 11.5 Å². The molecular weight excluding hydrogens is 326 g/mol. The summed E-state index contributed by atoms with van der Waals surface area (Å²) in [5.74, 6) is 2.68. The smallest absolute Gasteiger partial charge is 0.178 e. The predicted molar refractivity (Wildman–Crippen MR) is 104 cm³/mol. The Hall–Kier alpha value is -2.63. The molecule has 138 valence electrons. The molecule has 1 aromatic carbocycles. The monoisotopic (exact) mass is 353 g/mol. The number of anilines is 1. The first-order valence-corrected chi connectivity index (χ1v) is 8.89. The second-order valence-corrected chi connectivity index (χ2v) is 7.71. The van der Waals surface area contributed by atoms with Crippen molar-refractivity contribution in [1.29, 1.82) is 0 Å². The van der Waals surface area contributed by atoms with Gasteiger partial charge in [-0.15, -0.1) is 15.3 Å². The van der Waals surface area contributed by atoms with Gasteiger partial charge in [0.05, 0.1) is 7.11 Å². The van der Waals surface area contributed by atoms with Gasteiger partial charge in [0, 0.05) is 18.5 Å². The molecule has 0 aliphatic rings. The van der Waals surface area contributed by atoms with Crippen LogP contribution in [0, 0.1) is 0 Å². The van der Waals surface area contributed by atoms with Crippen LogP contribution < -0.4 is 9.64 Å². The lowest BCUT2D eigenvalue weighted by Crippen LogP contribution is -2.32. The number of hydrogen-bond donors (Lipinski definition) is 0. The van der Waals surface area contributed by atoms with Crippen molar-refractivity contribution in [2.75, 3.05) is 19.1 Å². The lowest BCUT2D eigenvalue weighted by molar-refractivity contribution is 0.408. The zero-order valence-electron chi connectivity index (χ0n) is 16.4. The summed E-state index contributed by atoms with van der Waals surface area (Å²) < 4.78 is 7.33. The van der Waals surface area contributed by atoms with Crippen LogP contribution in [0.5, 0.6) is 5.75 Å². The quantitative estimate of drug-likeness (QED) is 0.703. The maximum atomic E-state index is 5.48. The van der Waals surface area contributed by atoms with E-state index >= 15 is 0 Å². The maximum Gasteiger partial charge on any atom is 0.178 e. The molecule has 1 atom stereocenters. The van der Waals surface area contributed by atoms with E-state index in [-0.39, 0.29) is 11.5 Å². The molecule has 0 aliphatic heterocycles. The van der Waals surface area contributed by atoms with Crippen LogP contribution in [0.1, 0.15) is 39.1 Å². The van der Waals surface area contributed by atoms with Crippen molar-refractivity contribution < 1.29 is 4.74 Å². The summed E-state index contributed by atoms with van der Waals surface area (Å²) in [6.07, 6.45) is 0.870. The molecule has 2 heterocycles. The number of fused-ring (bicyclic) bond motifs is 1. The number of methoxy groups -OCH3 is 1. The molecule has 1 unspecified atom stereocenters. The van der Waals surface area contributed by atoms with Crippen LogP contribution in [-0.4, -0.2) is 40.0 Å². The Kier molecular flexibility index (Phi) is 4.85. The van der Waals surface area contributed by atoms with Crippen LogP contribution >= 0.6 is 0 Å². The van der Waals surface area contributed by atoms with E-state index in [1.165, 1.54) is 5.56 Å². The second kappa shape index (κ2) is 6.94. The molecule has 0 bridgehead atoms. The molecule has 6 nitrogen and oxygen atoms in total. The number of aromatic nitrogens is 4. The molecule has 0 radical (unpaired) electrons. The number of likely N-dealkylation sites (N-methyl/N-ethyl adjacent to an activating group) is 1. The third-order valence-corrected chi connectivity index (χ3v) is 4.65. The van der Waals surface area contributed by atoms with E-state index in [4.69, 9.17) is 9.84 Å². The van der Waals surface area contributed by atoms with Gasteiger partial charge in [-0.1, -0.05) is 39.0 Å². The molecule has 26 heavy (non-hydrogen) atoms. The van der Waals surface area contributed by atoms with Gasteiger partial charge in [0.15, 0.2) is 11.5 Å². The topological polar surface area (TPSA) is 55.5 Å². The lowest BCUT2D eigenvalue weighted by Gasteiger charge is -2.26. The van der Waals surface area contributed by atoms with Crippen LogP contribution in [0.2, 0.25) is 0 Å². The van der Waals surface area contributed by atoms with E-state index < -0.39 is 0 Å². The molecule has 3 rings (SSSR count). The summed E-state index contributed by atoms with van der Waals surface area (Å²) >= 11 is 0. The van der Waals surface area contributed by atoms with Crippen LogP contribution in [0.3, 0.4) is 0 Å². The largest absolute Gasteiger partial charge is 0.496 e. The summed E-state index contributed by atoms with van der Waals surface area (Å²) in [5, 5.41) is 13.3.